The van der Waals surface area contributed by atoms with Gasteiger partial charge in [0.25, 0.3) is 0 Å². The van der Waals surface area contributed by atoms with Crippen molar-refractivity contribution in [1.82, 2.24) is 5.32 Å². The van der Waals surface area contributed by atoms with Crippen LogP contribution in [0.5, 0.6) is 0 Å². The molecule has 0 spiro atoms. The molecule has 4 heteroatoms. The number of hydrogen-bond donors (Lipinski definition) is 1. The second-order valence-corrected chi connectivity index (χ2v) is 5.57. The van der Waals surface area contributed by atoms with E-state index in [1.54, 1.807) is 0 Å². The number of rotatable bonds is 5. The Morgan fingerprint density at radius 3 is 3.00 bits per heavy atom. The van der Waals surface area contributed by atoms with Gasteiger partial charge in [0, 0.05) is 17.1 Å². The molecule has 0 aliphatic carbocycles. The van der Waals surface area contributed by atoms with Gasteiger partial charge >= 0.3 is 0 Å². The van der Waals surface area contributed by atoms with E-state index in [0.29, 0.717) is 6.10 Å². The zero-order valence-corrected chi connectivity index (χ0v) is 12.2. The highest BCUT2D eigenvalue weighted by molar-refractivity contribution is 9.10. The van der Waals surface area contributed by atoms with Gasteiger partial charge in [-0.3, -0.25) is 0 Å². The Labute approximate surface area is 116 Å². The van der Waals surface area contributed by atoms with E-state index in [4.69, 9.17) is 4.74 Å². The van der Waals surface area contributed by atoms with Crippen LogP contribution in [-0.4, -0.2) is 19.8 Å². The lowest BCUT2D eigenvalue weighted by Crippen LogP contribution is -2.19. The topological polar surface area (TPSA) is 21.3 Å². The number of benzene rings is 1. The van der Waals surface area contributed by atoms with E-state index < -0.39 is 0 Å². The van der Waals surface area contributed by atoms with Crippen LogP contribution < -0.4 is 5.32 Å². The molecule has 18 heavy (non-hydrogen) atoms. The van der Waals surface area contributed by atoms with Crippen LogP contribution in [0.25, 0.3) is 0 Å². The molecule has 1 aliphatic rings. The number of ether oxygens (including phenoxy) is 1. The molecular formula is C14H19BrFNO. The normalized spacial score (nSPS) is 21.2. The molecule has 2 atom stereocenters. The quantitative estimate of drug-likeness (QED) is 0.892. The highest BCUT2D eigenvalue weighted by Crippen LogP contribution is 2.29. The Hall–Kier alpha value is -0.450. The van der Waals surface area contributed by atoms with Crippen LogP contribution in [-0.2, 0) is 4.74 Å². The van der Waals surface area contributed by atoms with E-state index in [9.17, 15) is 4.39 Å². The van der Waals surface area contributed by atoms with Crippen molar-refractivity contribution < 1.29 is 9.13 Å². The van der Waals surface area contributed by atoms with Gasteiger partial charge in [-0.25, -0.2) is 4.39 Å². The van der Waals surface area contributed by atoms with Crippen molar-refractivity contribution in [2.75, 3.05) is 13.7 Å². The lowest BCUT2D eigenvalue weighted by Gasteiger charge is -2.20. The van der Waals surface area contributed by atoms with Gasteiger partial charge < -0.3 is 10.1 Å². The Morgan fingerprint density at radius 1 is 1.56 bits per heavy atom. The van der Waals surface area contributed by atoms with Crippen molar-refractivity contribution >= 4 is 15.9 Å². The van der Waals surface area contributed by atoms with Crippen LogP contribution >= 0.6 is 15.9 Å². The van der Waals surface area contributed by atoms with Gasteiger partial charge in [-0.15, -0.1) is 0 Å². The molecule has 1 N–H and O–H groups in total. The monoisotopic (exact) mass is 315 g/mol. The lowest BCUT2D eigenvalue weighted by molar-refractivity contribution is 0.0998. The highest BCUT2D eigenvalue weighted by Gasteiger charge is 2.19. The van der Waals surface area contributed by atoms with Gasteiger partial charge in [-0.05, 0) is 50.4 Å². The largest absolute Gasteiger partial charge is 0.378 e. The Bertz CT molecular complexity index is 393. The van der Waals surface area contributed by atoms with Crippen LogP contribution in [0.4, 0.5) is 4.39 Å². The fourth-order valence-corrected chi connectivity index (χ4v) is 3.09. The predicted molar refractivity (Wildman–Crippen MR) is 74.1 cm³/mol. The van der Waals surface area contributed by atoms with Crippen molar-refractivity contribution in [1.29, 1.82) is 0 Å². The van der Waals surface area contributed by atoms with Crippen molar-refractivity contribution in [2.24, 2.45) is 0 Å². The van der Waals surface area contributed by atoms with E-state index in [1.807, 2.05) is 13.1 Å². The third kappa shape index (κ3) is 3.53. The van der Waals surface area contributed by atoms with Crippen LogP contribution in [0, 0.1) is 5.82 Å². The number of nitrogens with one attached hydrogen (secondary N) is 1. The molecule has 1 aromatic rings. The molecule has 2 rings (SSSR count). The summed E-state index contributed by atoms with van der Waals surface area (Å²) < 4.78 is 19.5. The Kier molecular flexibility index (Phi) is 5.15. The first-order valence-corrected chi connectivity index (χ1v) is 7.24. The average molecular weight is 316 g/mol. The van der Waals surface area contributed by atoms with Crippen molar-refractivity contribution in [3.8, 4) is 0 Å². The molecule has 1 aromatic carbocycles. The Morgan fingerprint density at radius 2 is 2.39 bits per heavy atom. The van der Waals surface area contributed by atoms with E-state index in [-0.39, 0.29) is 11.9 Å². The minimum atomic E-state index is -0.209. The molecule has 1 heterocycles. The number of hydrogen-bond acceptors (Lipinski definition) is 2. The third-order valence-corrected chi connectivity index (χ3v) is 4.17. The standard InChI is InChI=1S/C14H19BrFNO/c1-17-14(7-5-11-3-2-8-18-11)12-6-4-10(16)9-13(12)15/h4,6,9,11,14,17H,2-3,5,7-8H2,1H3. The highest BCUT2D eigenvalue weighted by atomic mass is 79.9. The summed E-state index contributed by atoms with van der Waals surface area (Å²) in [5.41, 5.74) is 1.11. The summed E-state index contributed by atoms with van der Waals surface area (Å²) >= 11 is 3.43. The minimum absolute atomic E-state index is 0.209. The zero-order chi connectivity index (χ0) is 13.0. The van der Waals surface area contributed by atoms with Gasteiger partial charge in [0.15, 0.2) is 0 Å². The van der Waals surface area contributed by atoms with Crippen LogP contribution in [0.1, 0.15) is 37.3 Å². The van der Waals surface area contributed by atoms with E-state index in [1.165, 1.54) is 25.0 Å². The zero-order valence-electron chi connectivity index (χ0n) is 10.6. The van der Waals surface area contributed by atoms with Crippen molar-refractivity contribution in [3.05, 3.63) is 34.1 Å². The SMILES string of the molecule is CNC(CCC1CCCO1)c1ccc(F)cc1Br. The second-order valence-electron chi connectivity index (χ2n) is 4.72. The molecule has 0 amide bonds. The molecule has 1 saturated heterocycles. The molecule has 100 valence electrons. The molecule has 2 nitrogen and oxygen atoms in total. The first-order valence-electron chi connectivity index (χ1n) is 6.44. The molecule has 0 radical (unpaired) electrons. The van der Waals surface area contributed by atoms with Crippen molar-refractivity contribution in [2.45, 2.75) is 37.8 Å². The van der Waals surface area contributed by atoms with E-state index in [2.05, 4.69) is 21.2 Å². The smallest absolute Gasteiger partial charge is 0.124 e. The summed E-state index contributed by atoms with van der Waals surface area (Å²) in [4.78, 5) is 0. The summed E-state index contributed by atoms with van der Waals surface area (Å²) in [5, 5.41) is 3.29. The number of halogens is 2. The molecule has 1 aliphatic heterocycles. The summed E-state index contributed by atoms with van der Waals surface area (Å²) in [6.07, 6.45) is 4.80. The maximum atomic E-state index is 13.1. The fraction of sp³-hybridized carbons (Fsp3) is 0.571. The first kappa shape index (κ1) is 14.0. The third-order valence-electron chi connectivity index (χ3n) is 3.49. The fourth-order valence-electron chi connectivity index (χ4n) is 2.46. The average Bonchev–Trinajstić information content (AvgIpc) is 2.85. The molecule has 0 saturated carbocycles. The summed E-state index contributed by atoms with van der Waals surface area (Å²) in [6.45, 7) is 0.898. The maximum Gasteiger partial charge on any atom is 0.124 e. The lowest BCUT2D eigenvalue weighted by atomic mass is 9.99. The molecule has 2 unspecified atom stereocenters. The summed E-state index contributed by atoms with van der Waals surface area (Å²) in [7, 11) is 1.94. The van der Waals surface area contributed by atoms with Crippen molar-refractivity contribution in [3.63, 3.8) is 0 Å². The molecule has 0 bridgehead atoms. The van der Waals surface area contributed by atoms with Gasteiger partial charge in [0.2, 0.25) is 0 Å². The van der Waals surface area contributed by atoms with Gasteiger partial charge in [-0.1, -0.05) is 22.0 Å². The molecule has 1 fully saturated rings. The molecular weight excluding hydrogens is 297 g/mol. The second kappa shape index (κ2) is 6.64. The summed E-state index contributed by atoms with van der Waals surface area (Å²) in [5.74, 6) is -0.209. The maximum absolute atomic E-state index is 13.1. The first-order chi connectivity index (χ1) is 8.70. The molecule has 0 aromatic heterocycles. The van der Waals surface area contributed by atoms with E-state index in [0.717, 1.165) is 29.5 Å². The minimum Gasteiger partial charge on any atom is -0.378 e. The predicted octanol–water partition coefficient (Wildman–Crippen LogP) is 3.81. The summed E-state index contributed by atoms with van der Waals surface area (Å²) in [6, 6.07) is 5.11. The van der Waals surface area contributed by atoms with Gasteiger partial charge in [0.05, 0.1) is 6.10 Å². The van der Waals surface area contributed by atoms with Crippen LogP contribution in [0.15, 0.2) is 22.7 Å². The van der Waals surface area contributed by atoms with E-state index >= 15 is 0 Å². The van der Waals surface area contributed by atoms with Gasteiger partial charge in [0.1, 0.15) is 5.82 Å². The van der Waals surface area contributed by atoms with Crippen LogP contribution in [0.2, 0.25) is 0 Å². The van der Waals surface area contributed by atoms with Gasteiger partial charge in [-0.2, -0.15) is 0 Å². The van der Waals surface area contributed by atoms with Crippen LogP contribution in [0.3, 0.4) is 0 Å². The Balaban J connectivity index is 1.98.